The summed E-state index contributed by atoms with van der Waals surface area (Å²) >= 11 is 0. The number of hydrogen-bond donors (Lipinski definition) is 2. The first kappa shape index (κ1) is 10.9. The van der Waals surface area contributed by atoms with E-state index < -0.39 is 0 Å². The molecule has 2 nitrogen and oxygen atoms in total. The van der Waals surface area contributed by atoms with Gasteiger partial charge in [-0.1, -0.05) is 13.8 Å². The predicted molar refractivity (Wildman–Crippen MR) is 48.6 cm³/mol. The van der Waals surface area contributed by atoms with Crippen LogP contribution in [0.15, 0.2) is 0 Å². The highest BCUT2D eigenvalue weighted by Gasteiger charge is 2.30. The first-order valence-corrected chi connectivity index (χ1v) is 4.60. The Kier molecular flexibility index (Phi) is 6.57. The minimum Gasteiger partial charge on any atom is -0.397 e. The number of aliphatic hydroxyl groups excluding tert-OH is 1. The maximum atomic E-state index is 7.57. The molecule has 0 aliphatic heterocycles. The second-order valence-electron chi connectivity index (χ2n) is 3.09. The predicted octanol–water partition coefficient (Wildman–Crippen LogP) is 1.39. The van der Waals surface area contributed by atoms with E-state index in [4.69, 9.17) is 5.11 Å². The first-order chi connectivity index (χ1) is 5.26. The van der Waals surface area contributed by atoms with E-state index in [0.29, 0.717) is 0 Å². The zero-order valence-electron chi connectivity index (χ0n) is 7.93. The first-order valence-electron chi connectivity index (χ1n) is 4.60. The molecule has 0 amide bonds. The third kappa shape index (κ3) is 6.32. The van der Waals surface area contributed by atoms with Crippen molar-refractivity contribution in [1.82, 2.24) is 5.32 Å². The summed E-state index contributed by atoms with van der Waals surface area (Å²) in [5, 5.41) is 11.0. The fourth-order valence-electron chi connectivity index (χ4n) is 0.936. The van der Waals surface area contributed by atoms with Gasteiger partial charge in [-0.2, -0.15) is 0 Å². The lowest BCUT2D eigenvalue weighted by Gasteiger charge is -1.96. The normalized spacial score (nSPS) is 27.3. The van der Waals surface area contributed by atoms with Gasteiger partial charge in [0.15, 0.2) is 0 Å². The van der Waals surface area contributed by atoms with Crippen molar-refractivity contribution >= 4 is 0 Å². The number of hydrogen-bond acceptors (Lipinski definition) is 2. The van der Waals surface area contributed by atoms with Crippen LogP contribution in [0.25, 0.3) is 0 Å². The van der Waals surface area contributed by atoms with Gasteiger partial charge in [0, 0.05) is 12.6 Å². The van der Waals surface area contributed by atoms with Crippen molar-refractivity contribution in [2.45, 2.75) is 39.7 Å². The van der Waals surface area contributed by atoms with E-state index in [1.54, 1.807) is 6.92 Å². The molecule has 68 valence electrons. The highest BCUT2D eigenvalue weighted by atomic mass is 16.2. The lowest BCUT2D eigenvalue weighted by molar-refractivity contribution is 0.318. The van der Waals surface area contributed by atoms with Crippen LogP contribution in [0.5, 0.6) is 0 Å². The summed E-state index contributed by atoms with van der Waals surface area (Å²) in [7, 11) is 0. The van der Waals surface area contributed by atoms with Crippen molar-refractivity contribution in [2.24, 2.45) is 5.92 Å². The van der Waals surface area contributed by atoms with Crippen LogP contribution in [0.2, 0.25) is 0 Å². The largest absolute Gasteiger partial charge is 0.397 e. The minimum atomic E-state index is 0.250. The van der Waals surface area contributed by atoms with E-state index >= 15 is 0 Å². The van der Waals surface area contributed by atoms with Crippen molar-refractivity contribution in [3.05, 3.63) is 0 Å². The van der Waals surface area contributed by atoms with Gasteiger partial charge in [0.2, 0.25) is 0 Å². The van der Waals surface area contributed by atoms with Crippen LogP contribution in [0, 0.1) is 5.92 Å². The molecular formula is C9H21NO. The molecule has 0 bridgehead atoms. The van der Waals surface area contributed by atoms with Gasteiger partial charge < -0.3 is 10.4 Å². The molecule has 2 N–H and O–H groups in total. The van der Waals surface area contributed by atoms with Crippen LogP contribution in [0.3, 0.4) is 0 Å². The molecule has 2 unspecified atom stereocenters. The van der Waals surface area contributed by atoms with Crippen LogP contribution in [-0.2, 0) is 0 Å². The summed E-state index contributed by atoms with van der Waals surface area (Å²) in [5.74, 6) is 0.960. The van der Waals surface area contributed by atoms with Crippen LogP contribution >= 0.6 is 0 Å². The topological polar surface area (TPSA) is 32.3 Å². The summed E-state index contributed by atoms with van der Waals surface area (Å²) in [4.78, 5) is 0. The third-order valence-electron chi connectivity index (χ3n) is 1.77. The summed E-state index contributed by atoms with van der Waals surface area (Å²) < 4.78 is 0. The van der Waals surface area contributed by atoms with Gasteiger partial charge in [-0.05, 0) is 32.2 Å². The fraction of sp³-hybridized carbons (Fsp3) is 1.00. The van der Waals surface area contributed by atoms with E-state index in [2.05, 4.69) is 19.2 Å². The van der Waals surface area contributed by atoms with Crippen LogP contribution in [0.1, 0.15) is 33.6 Å². The standard InChI is InChI=1S/C7H15N.C2H6O/c1-3-4-8-7-5-6(7)2;1-2-3/h6-8H,3-5H2,1-2H3;3H,2H2,1H3. The molecule has 0 aromatic carbocycles. The number of aliphatic hydroxyl groups is 1. The van der Waals surface area contributed by atoms with E-state index in [9.17, 15) is 0 Å². The smallest absolute Gasteiger partial charge is 0.0402 e. The van der Waals surface area contributed by atoms with Gasteiger partial charge in [-0.3, -0.25) is 0 Å². The van der Waals surface area contributed by atoms with Crippen LogP contribution < -0.4 is 5.32 Å². The molecule has 0 heterocycles. The molecule has 2 atom stereocenters. The van der Waals surface area contributed by atoms with Gasteiger partial charge in [-0.25, -0.2) is 0 Å². The van der Waals surface area contributed by atoms with Gasteiger partial charge in [0.25, 0.3) is 0 Å². The van der Waals surface area contributed by atoms with Crippen molar-refractivity contribution in [2.75, 3.05) is 13.2 Å². The molecule has 1 rings (SSSR count). The van der Waals surface area contributed by atoms with Gasteiger partial charge in [0.05, 0.1) is 0 Å². The van der Waals surface area contributed by atoms with Gasteiger partial charge in [0.1, 0.15) is 0 Å². The van der Waals surface area contributed by atoms with E-state index in [1.807, 2.05) is 0 Å². The molecule has 1 aliphatic rings. The average molecular weight is 159 g/mol. The van der Waals surface area contributed by atoms with E-state index in [-0.39, 0.29) is 6.61 Å². The fourth-order valence-corrected chi connectivity index (χ4v) is 0.936. The average Bonchev–Trinajstić information content (AvgIpc) is 2.64. The lowest BCUT2D eigenvalue weighted by atomic mass is 10.4. The monoisotopic (exact) mass is 159 g/mol. The Balaban J connectivity index is 0.000000292. The Hall–Kier alpha value is -0.0800. The molecule has 2 heteroatoms. The number of rotatable bonds is 3. The molecule has 0 radical (unpaired) electrons. The Morgan fingerprint density at radius 2 is 1.91 bits per heavy atom. The molecule has 0 saturated heterocycles. The Bertz CT molecular complexity index is 85.6. The maximum Gasteiger partial charge on any atom is 0.0402 e. The van der Waals surface area contributed by atoms with Crippen molar-refractivity contribution in [3.8, 4) is 0 Å². The van der Waals surface area contributed by atoms with Gasteiger partial charge >= 0.3 is 0 Å². The Morgan fingerprint density at radius 3 is 2.18 bits per heavy atom. The molecule has 1 aliphatic carbocycles. The van der Waals surface area contributed by atoms with Crippen molar-refractivity contribution < 1.29 is 5.11 Å². The van der Waals surface area contributed by atoms with Gasteiger partial charge in [-0.15, -0.1) is 0 Å². The summed E-state index contributed by atoms with van der Waals surface area (Å²) in [6.45, 7) is 7.64. The van der Waals surface area contributed by atoms with E-state index in [1.165, 1.54) is 19.4 Å². The third-order valence-corrected chi connectivity index (χ3v) is 1.77. The molecule has 0 aromatic rings. The molecular weight excluding hydrogens is 138 g/mol. The summed E-state index contributed by atoms with van der Waals surface area (Å²) in [5.41, 5.74) is 0. The molecule has 0 aromatic heterocycles. The number of nitrogens with one attached hydrogen (secondary N) is 1. The maximum absolute atomic E-state index is 7.57. The molecule has 0 spiro atoms. The SMILES string of the molecule is CCCNC1CC1C.CCO. The van der Waals surface area contributed by atoms with Crippen molar-refractivity contribution in [3.63, 3.8) is 0 Å². The van der Waals surface area contributed by atoms with Crippen LogP contribution in [0.4, 0.5) is 0 Å². The summed E-state index contributed by atoms with van der Waals surface area (Å²) in [6.07, 6.45) is 2.67. The molecule has 1 saturated carbocycles. The minimum absolute atomic E-state index is 0.250. The second kappa shape index (κ2) is 6.62. The van der Waals surface area contributed by atoms with E-state index in [0.717, 1.165) is 12.0 Å². The zero-order chi connectivity index (χ0) is 8.69. The van der Waals surface area contributed by atoms with Crippen molar-refractivity contribution in [1.29, 1.82) is 0 Å². The summed E-state index contributed by atoms with van der Waals surface area (Å²) in [6, 6.07) is 0.870. The highest BCUT2D eigenvalue weighted by Crippen LogP contribution is 2.28. The highest BCUT2D eigenvalue weighted by molar-refractivity contribution is 4.88. The lowest BCUT2D eigenvalue weighted by Crippen LogP contribution is -2.18. The second-order valence-corrected chi connectivity index (χ2v) is 3.09. The quantitative estimate of drug-likeness (QED) is 0.652. The molecule has 11 heavy (non-hydrogen) atoms. The molecule has 1 fully saturated rings. The zero-order valence-corrected chi connectivity index (χ0v) is 7.93. The van der Waals surface area contributed by atoms with Crippen LogP contribution in [-0.4, -0.2) is 24.3 Å². The Labute approximate surface area is 70.0 Å². The Morgan fingerprint density at radius 1 is 1.45 bits per heavy atom.